The molecule has 0 saturated carbocycles. The minimum Gasteiger partial charge on any atom is -0.493 e. The second kappa shape index (κ2) is 13.6. The molecule has 0 fully saturated rings. The van der Waals surface area contributed by atoms with Gasteiger partial charge in [-0.2, -0.15) is 0 Å². The van der Waals surface area contributed by atoms with Crippen LogP contribution in [0, 0.1) is 0 Å². The van der Waals surface area contributed by atoms with Gasteiger partial charge in [-0.3, -0.25) is 4.79 Å². The monoisotopic (exact) mass is 516 g/mol. The number of nitrogens with one attached hydrogen (secondary N) is 2. The maximum absolute atomic E-state index is 12.9. The summed E-state index contributed by atoms with van der Waals surface area (Å²) in [5.74, 6) is 0.202. The molecular weight excluding hydrogens is 480 g/mol. The molecule has 0 spiro atoms. The Balaban J connectivity index is 2.22. The van der Waals surface area contributed by atoms with E-state index in [9.17, 15) is 19.5 Å². The van der Waals surface area contributed by atoms with Crippen LogP contribution in [0.15, 0.2) is 48.5 Å². The van der Waals surface area contributed by atoms with E-state index >= 15 is 0 Å². The van der Waals surface area contributed by atoms with Gasteiger partial charge in [0.15, 0.2) is 11.5 Å². The molecule has 2 aromatic carbocycles. The Morgan fingerprint density at radius 2 is 1.73 bits per heavy atom. The van der Waals surface area contributed by atoms with E-state index in [1.54, 1.807) is 39.0 Å². The largest absolute Gasteiger partial charge is 0.493 e. The molecule has 37 heavy (non-hydrogen) atoms. The molecule has 0 aliphatic rings. The summed E-state index contributed by atoms with van der Waals surface area (Å²) < 4.78 is 21.7. The summed E-state index contributed by atoms with van der Waals surface area (Å²) in [6, 6.07) is 13.5. The van der Waals surface area contributed by atoms with Gasteiger partial charge in [0.2, 0.25) is 5.91 Å². The van der Waals surface area contributed by atoms with Crippen molar-refractivity contribution in [1.29, 1.82) is 0 Å². The van der Waals surface area contributed by atoms with Crippen LogP contribution in [-0.2, 0) is 32.1 Å². The molecule has 2 atom stereocenters. The number of methoxy groups -OCH3 is 2. The highest BCUT2D eigenvalue weighted by Gasteiger charge is 2.35. The minimum absolute atomic E-state index is 0.0480. The van der Waals surface area contributed by atoms with Crippen molar-refractivity contribution in [1.82, 2.24) is 10.6 Å². The molecule has 0 aliphatic carbocycles. The van der Waals surface area contributed by atoms with Gasteiger partial charge in [0, 0.05) is 13.5 Å². The third-order valence-corrected chi connectivity index (χ3v) is 5.17. The zero-order valence-corrected chi connectivity index (χ0v) is 21.9. The van der Waals surface area contributed by atoms with E-state index in [-0.39, 0.29) is 13.0 Å². The van der Waals surface area contributed by atoms with E-state index in [1.165, 1.54) is 14.2 Å². The third-order valence-electron chi connectivity index (χ3n) is 5.17. The van der Waals surface area contributed by atoms with Crippen LogP contribution < -0.4 is 20.1 Å². The predicted molar refractivity (Wildman–Crippen MR) is 137 cm³/mol. The van der Waals surface area contributed by atoms with Gasteiger partial charge in [-0.25, -0.2) is 4.79 Å². The molecule has 0 aromatic heterocycles. The molecule has 2 amide bonds. The number of ether oxygens (including phenoxy) is 4. The van der Waals surface area contributed by atoms with Crippen molar-refractivity contribution in [2.45, 2.75) is 51.0 Å². The smallest absolute Gasteiger partial charge is 0.408 e. The lowest BCUT2D eigenvalue weighted by Gasteiger charge is -2.31. The molecule has 10 heteroatoms. The van der Waals surface area contributed by atoms with Gasteiger partial charge >= 0.3 is 6.09 Å². The number of aldehydes is 1. The van der Waals surface area contributed by atoms with Crippen LogP contribution in [0.3, 0.4) is 0 Å². The van der Waals surface area contributed by atoms with Crippen molar-refractivity contribution >= 4 is 18.3 Å². The number of amides is 2. The number of aliphatic hydroxyl groups is 1. The van der Waals surface area contributed by atoms with Crippen LogP contribution >= 0.6 is 0 Å². The molecule has 202 valence electrons. The van der Waals surface area contributed by atoms with Crippen LogP contribution in [0.4, 0.5) is 4.79 Å². The van der Waals surface area contributed by atoms with Crippen LogP contribution in [0.25, 0.3) is 0 Å². The Kier molecular flexibility index (Phi) is 10.9. The fourth-order valence-corrected chi connectivity index (χ4v) is 3.51. The van der Waals surface area contributed by atoms with Crippen LogP contribution in [-0.4, -0.2) is 68.0 Å². The Bertz CT molecular complexity index is 1040. The van der Waals surface area contributed by atoms with E-state index < -0.39 is 35.8 Å². The fraction of sp³-hybridized carbons (Fsp3) is 0.444. The number of carbonyl (C=O) groups is 3. The van der Waals surface area contributed by atoms with Gasteiger partial charge in [0.1, 0.15) is 30.1 Å². The highest BCUT2D eigenvalue weighted by Crippen LogP contribution is 2.30. The lowest BCUT2D eigenvalue weighted by atomic mass is 9.92. The number of rotatable bonds is 13. The van der Waals surface area contributed by atoms with Crippen molar-refractivity contribution in [3.8, 4) is 11.5 Å². The van der Waals surface area contributed by atoms with E-state index in [2.05, 4.69) is 10.6 Å². The number of aliphatic hydroxyl groups excluding tert-OH is 1. The Labute approximate surface area is 217 Å². The molecule has 0 aliphatic heterocycles. The Morgan fingerprint density at radius 1 is 1.03 bits per heavy atom. The van der Waals surface area contributed by atoms with Crippen LogP contribution in [0.5, 0.6) is 11.5 Å². The summed E-state index contributed by atoms with van der Waals surface area (Å²) in [6.45, 7) is 4.46. The number of hydrogen-bond acceptors (Lipinski definition) is 8. The molecule has 0 saturated heterocycles. The highest BCUT2D eigenvalue weighted by atomic mass is 16.6. The first-order chi connectivity index (χ1) is 17.5. The average Bonchev–Trinajstić information content (AvgIpc) is 2.85. The number of hydrogen-bond donors (Lipinski definition) is 3. The fourth-order valence-electron chi connectivity index (χ4n) is 3.51. The van der Waals surface area contributed by atoms with Crippen molar-refractivity contribution in [3.63, 3.8) is 0 Å². The first-order valence-corrected chi connectivity index (χ1v) is 11.8. The minimum atomic E-state index is -1.49. The Morgan fingerprint density at radius 3 is 2.30 bits per heavy atom. The molecule has 0 radical (unpaired) electrons. The highest BCUT2D eigenvalue weighted by molar-refractivity contribution is 5.89. The van der Waals surface area contributed by atoms with Crippen molar-refractivity contribution in [2.24, 2.45) is 0 Å². The topological polar surface area (TPSA) is 132 Å². The molecule has 2 aromatic rings. The van der Waals surface area contributed by atoms with Gasteiger partial charge in [-0.05, 0) is 44.0 Å². The van der Waals surface area contributed by atoms with E-state index in [0.717, 1.165) is 5.56 Å². The quantitative estimate of drug-likeness (QED) is 0.346. The zero-order valence-electron chi connectivity index (χ0n) is 21.9. The van der Waals surface area contributed by atoms with Gasteiger partial charge in [-0.15, -0.1) is 0 Å². The van der Waals surface area contributed by atoms with Crippen molar-refractivity contribution < 1.29 is 38.4 Å². The second-order valence-corrected chi connectivity index (χ2v) is 9.51. The van der Waals surface area contributed by atoms with Gasteiger partial charge < -0.3 is 39.5 Å². The number of alkyl carbamates (subject to hydrolysis) is 1. The number of carbonyl (C=O) groups excluding carboxylic acids is 3. The SMILES string of the molecule is COC[C@@](C=O)(Cc1ccc(OC)c(OCc2ccccc2)c1)NC(=O)[C@H](CO)NC(=O)OC(C)(C)C. The molecular formula is C27H36N2O8. The summed E-state index contributed by atoms with van der Waals surface area (Å²) in [5.41, 5.74) is -0.650. The molecule has 0 bridgehead atoms. The van der Waals surface area contributed by atoms with E-state index in [0.29, 0.717) is 30.0 Å². The molecule has 0 unspecified atom stereocenters. The first kappa shape index (κ1) is 29.6. The lowest BCUT2D eigenvalue weighted by Crippen LogP contribution is -2.60. The standard InChI is InChI=1S/C27H36N2O8/c1-26(2,3)37-25(33)28-21(15-30)24(32)29-27(17-31,18-34-4)14-20-11-12-22(35-5)23(13-20)36-16-19-9-7-6-8-10-19/h6-13,17,21,30H,14-16,18H2,1-5H3,(H,28,33)(H,29,32)/t21-,27-/m0/s1. The van der Waals surface area contributed by atoms with E-state index in [4.69, 9.17) is 18.9 Å². The number of benzene rings is 2. The molecule has 10 nitrogen and oxygen atoms in total. The van der Waals surface area contributed by atoms with Crippen molar-refractivity contribution in [3.05, 3.63) is 59.7 Å². The van der Waals surface area contributed by atoms with Crippen LogP contribution in [0.1, 0.15) is 31.9 Å². The van der Waals surface area contributed by atoms with Gasteiger partial charge in [0.25, 0.3) is 0 Å². The first-order valence-electron chi connectivity index (χ1n) is 11.8. The summed E-state index contributed by atoms with van der Waals surface area (Å²) in [4.78, 5) is 37.3. The lowest BCUT2D eigenvalue weighted by molar-refractivity contribution is -0.130. The summed E-state index contributed by atoms with van der Waals surface area (Å²) in [6.07, 6.45) is -0.252. The summed E-state index contributed by atoms with van der Waals surface area (Å²) >= 11 is 0. The third kappa shape index (κ3) is 9.40. The average molecular weight is 517 g/mol. The molecule has 0 heterocycles. The van der Waals surface area contributed by atoms with Gasteiger partial charge in [-0.1, -0.05) is 36.4 Å². The molecule has 3 N–H and O–H groups in total. The normalized spacial score (nSPS) is 13.6. The second-order valence-electron chi connectivity index (χ2n) is 9.51. The van der Waals surface area contributed by atoms with Gasteiger partial charge in [0.05, 0.1) is 20.3 Å². The predicted octanol–water partition coefficient (Wildman–Crippen LogP) is 2.40. The summed E-state index contributed by atoms with van der Waals surface area (Å²) in [7, 11) is 2.92. The van der Waals surface area contributed by atoms with Crippen LogP contribution in [0.2, 0.25) is 0 Å². The van der Waals surface area contributed by atoms with E-state index in [1.807, 2.05) is 30.3 Å². The Hall–Kier alpha value is -3.63. The maximum Gasteiger partial charge on any atom is 0.408 e. The summed E-state index contributed by atoms with van der Waals surface area (Å²) in [5, 5.41) is 14.6. The maximum atomic E-state index is 12.9. The molecule has 2 rings (SSSR count). The zero-order chi connectivity index (χ0) is 27.5. The van der Waals surface area contributed by atoms with Crippen molar-refractivity contribution in [2.75, 3.05) is 27.4 Å².